The van der Waals surface area contributed by atoms with Crippen molar-refractivity contribution in [2.24, 2.45) is 11.5 Å². The first-order valence-corrected chi connectivity index (χ1v) is 7.63. The zero-order valence-electron chi connectivity index (χ0n) is 13.7. The van der Waals surface area contributed by atoms with E-state index in [-0.39, 0.29) is 48.7 Å². The van der Waals surface area contributed by atoms with Crippen LogP contribution < -0.4 is 16.8 Å². The van der Waals surface area contributed by atoms with Crippen LogP contribution in [0.25, 0.3) is 0 Å². The highest BCUT2D eigenvalue weighted by Crippen LogP contribution is 2.21. The largest absolute Gasteiger partial charge is 0.368 e. The number of halogens is 2. The molecule has 2 atom stereocenters. The zero-order chi connectivity index (χ0) is 16.1. The molecule has 0 aromatic heterocycles. The maximum Gasteiger partial charge on any atom is 0.234 e. The number of likely N-dealkylation sites (tertiary alicyclic amines) is 1. The minimum absolute atomic E-state index is 0. The molecule has 136 valence electrons. The Balaban J connectivity index is 0.00000264. The maximum absolute atomic E-state index is 11.8. The number of carbonyl (C=O) groups is 2. The fourth-order valence-electron chi connectivity index (χ4n) is 2.82. The molecule has 1 saturated heterocycles. The van der Waals surface area contributed by atoms with Crippen LogP contribution in [0.3, 0.4) is 0 Å². The molecular formula is C16H26Cl2N4O2. The van der Waals surface area contributed by atoms with E-state index >= 15 is 0 Å². The van der Waals surface area contributed by atoms with Crippen molar-refractivity contribution in [1.82, 2.24) is 4.90 Å². The molecule has 1 fully saturated rings. The third kappa shape index (κ3) is 6.65. The van der Waals surface area contributed by atoms with E-state index in [9.17, 15) is 9.59 Å². The molecule has 1 aromatic rings. The van der Waals surface area contributed by atoms with Gasteiger partial charge in [-0.3, -0.25) is 14.5 Å². The van der Waals surface area contributed by atoms with E-state index in [2.05, 4.69) is 10.2 Å². The molecular weight excluding hydrogens is 351 g/mol. The van der Waals surface area contributed by atoms with Gasteiger partial charge in [0.05, 0.1) is 6.04 Å². The van der Waals surface area contributed by atoms with Gasteiger partial charge in [-0.25, -0.2) is 0 Å². The van der Waals surface area contributed by atoms with Crippen LogP contribution in [0.2, 0.25) is 0 Å². The number of carbonyl (C=O) groups excluding carboxylic acids is 2. The van der Waals surface area contributed by atoms with Gasteiger partial charge in [-0.2, -0.15) is 0 Å². The molecule has 2 amide bonds. The van der Waals surface area contributed by atoms with E-state index in [0.29, 0.717) is 13.0 Å². The number of nitrogens with two attached hydrogens (primary N) is 2. The Labute approximate surface area is 155 Å². The van der Waals surface area contributed by atoms with Gasteiger partial charge in [0.15, 0.2) is 0 Å². The van der Waals surface area contributed by atoms with Crippen LogP contribution in [-0.2, 0) is 16.1 Å². The summed E-state index contributed by atoms with van der Waals surface area (Å²) in [5.41, 5.74) is 12.8. The zero-order valence-corrected chi connectivity index (χ0v) is 15.4. The van der Waals surface area contributed by atoms with Gasteiger partial charge < -0.3 is 16.8 Å². The van der Waals surface area contributed by atoms with Crippen molar-refractivity contribution in [3.63, 3.8) is 0 Å². The average molecular weight is 377 g/mol. The van der Waals surface area contributed by atoms with Crippen LogP contribution in [0.1, 0.15) is 31.7 Å². The summed E-state index contributed by atoms with van der Waals surface area (Å²) >= 11 is 0. The van der Waals surface area contributed by atoms with Crippen LogP contribution in [0, 0.1) is 0 Å². The monoisotopic (exact) mass is 376 g/mol. The standard InChI is InChI=1S/C16H24N4O2.2ClH/c1-11(17)8-15(21)19-13-5-2-4-12(9-13)10-20-7-3-6-14(20)16(18)22;;/h2,4-5,9,11,14H,3,6-8,10,17H2,1H3,(H2,18,22)(H,19,21);2*1H. The van der Waals surface area contributed by atoms with E-state index in [4.69, 9.17) is 11.5 Å². The number of nitrogens with zero attached hydrogens (tertiary/aromatic N) is 1. The quantitative estimate of drug-likeness (QED) is 0.702. The summed E-state index contributed by atoms with van der Waals surface area (Å²) < 4.78 is 0. The Bertz CT molecular complexity index is 555. The second-order valence-corrected chi connectivity index (χ2v) is 5.96. The van der Waals surface area contributed by atoms with Crippen molar-refractivity contribution in [2.45, 2.75) is 44.8 Å². The molecule has 0 saturated carbocycles. The number of anilines is 1. The second kappa shape index (κ2) is 10.5. The Morgan fingerprint density at radius 2 is 2.08 bits per heavy atom. The van der Waals surface area contributed by atoms with Gasteiger partial charge in [-0.1, -0.05) is 12.1 Å². The number of hydrogen-bond acceptors (Lipinski definition) is 4. The average Bonchev–Trinajstić information content (AvgIpc) is 2.86. The summed E-state index contributed by atoms with van der Waals surface area (Å²) in [7, 11) is 0. The molecule has 2 unspecified atom stereocenters. The number of nitrogens with one attached hydrogen (secondary N) is 1. The smallest absolute Gasteiger partial charge is 0.234 e. The van der Waals surface area contributed by atoms with Crippen molar-refractivity contribution >= 4 is 42.3 Å². The first kappa shape index (κ1) is 22.7. The molecule has 0 bridgehead atoms. The van der Waals surface area contributed by atoms with Crippen LogP contribution >= 0.6 is 24.8 Å². The van der Waals surface area contributed by atoms with Crippen LogP contribution in [0.15, 0.2) is 24.3 Å². The number of primary amides is 1. The lowest BCUT2D eigenvalue weighted by Crippen LogP contribution is -2.39. The fraction of sp³-hybridized carbons (Fsp3) is 0.500. The molecule has 0 aliphatic carbocycles. The van der Waals surface area contributed by atoms with Gasteiger partial charge in [0.1, 0.15) is 0 Å². The second-order valence-electron chi connectivity index (χ2n) is 5.96. The van der Waals surface area contributed by atoms with Gasteiger partial charge in [-0.15, -0.1) is 24.8 Å². The minimum atomic E-state index is -0.265. The summed E-state index contributed by atoms with van der Waals surface area (Å²) in [6.07, 6.45) is 2.10. The lowest BCUT2D eigenvalue weighted by molar-refractivity contribution is -0.122. The normalized spacial score (nSPS) is 18.2. The van der Waals surface area contributed by atoms with Crippen LogP contribution in [0.5, 0.6) is 0 Å². The molecule has 5 N–H and O–H groups in total. The first-order valence-electron chi connectivity index (χ1n) is 7.63. The van der Waals surface area contributed by atoms with Gasteiger partial charge in [-0.05, 0) is 44.0 Å². The molecule has 0 radical (unpaired) electrons. The molecule has 0 spiro atoms. The van der Waals surface area contributed by atoms with Crippen molar-refractivity contribution < 1.29 is 9.59 Å². The highest BCUT2D eigenvalue weighted by Gasteiger charge is 2.28. The van der Waals surface area contributed by atoms with Crippen molar-refractivity contribution in [3.8, 4) is 0 Å². The molecule has 2 rings (SSSR count). The predicted octanol–water partition coefficient (Wildman–Crippen LogP) is 1.66. The van der Waals surface area contributed by atoms with E-state index in [1.165, 1.54) is 0 Å². The lowest BCUT2D eigenvalue weighted by atomic mass is 10.1. The van der Waals surface area contributed by atoms with Crippen molar-refractivity contribution in [3.05, 3.63) is 29.8 Å². The number of rotatable bonds is 6. The minimum Gasteiger partial charge on any atom is -0.368 e. The van der Waals surface area contributed by atoms with Crippen LogP contribution in [0.4, 0.5) is 5.69 Å². The summed E-state index contributed by atoms with van der Waals surface area (Å²) in [6.45, 7) is 3.33. The van der Waals surface area contributed by atoms with Gasteiger partial charge in [0.25, 0.3) is 0 Å². The number of hydrogen-bond donors (Lipinski definition) is 3. The molecule has 1 heterocycles. The van der Waals surface area contributed by atoms with Crippen LogP contribution in [-0.4, -0.2) is 35.3 Å². The third-order valence-corrected chi connectivity index (χ3v) is 3.80. The number of benzene rings is 1. The molecule has 24 heavy (non-hydrogen) atoms. The maximum atomic E-state index is 11.8. The summed E-state index contributed by atoms with van der Waals surface area (Å²) in [4.78, 5) is 25.3. The SMILES string of the molecule is CC(N)CC(=O)Nc1cccc(CN2CCCC2C(N)=O)c1.Cl.Cl. The molecule has 8 heteroatoms. The summed E-state index contributed by atoms with van der Waals surface area (Å²) in [5, 5.41) is 2.84. The van der Waals surface area contributed by atoms with Gasteiger partial charge >= 0.3 is 0 Å². The van der Waals surface area contributed by atoms with Gasteiger partial charge in [0, 0.05) is 24.7 Å². The van der Waals surface area contributed by atoms with E-state index < -0.39 is 0 Å². The van der Waals surface area contributed by atoms with Crippen molar-refractivity contribution in [1.29, 1.82) is 0 Å². The number of amides is 2. The van der Waals surface area contributed by atoms with E-state index in [0.717, 1.165) is 30.6 Å². The lowest BCUT2D eigenvalue weighted by Gasteiger charge is -2.22. The highest BCUT2D eigenvalue weighted by molar-refractivity contribution is 5.91. The Hall–Kier alpha value is -1.34. The van der Waals surface area contributed by atoms with Crippen molar-refractivity contribution in [2.75, 3.05) is 11.9 Å². The molecule has 1 aromatic carbocycles. The fourth-order valence-corrected chi connectivity index (χ4v) is 2.82. The highest BCUT2D eigenvalue weighted by atomic mass is 35.5. The molecule has 6 nitrogen and oxygen atoms in total. The summed E-state index contributed by atoms with van der Waals surface area (Å²) in [6, 6.07) is 7.30. The summed E-state index contributed by atoms with van der Waals surface area (Å²) in [5.74, 6) is -0.359. The first-order chi connectivity index (χ1) is 10.5. The molecule has 1 aliphatic rings. The molecule has 1 aliphatic heterocycles. The Kier molecular flexibility index (Phi) is 9.92. The third-order valence-electron chi connectivity index (χ3n) is 3.80. The predicted molar refractivity (Wildman–Crippen MR) is 100 cm³/mol. The van der Waals surface area contributed by atoms with E-state index in [1.54, 1.807) is 6.92 Å². The Morgan fingerprint density at radius 3 is 2.71 bits per heavy atom. The van der Waals surface area contributed by atoms with Gasteiger partial charge in [0.2, 0.25) is 11.8 Å². The topological polar surface area (TPSA) is 101 Å². The Morgan fingerprint density at radius 1 is 1.38 bits per heavy atom. The van der Waals surface area contributed by atoms with E-state index in [1.807, 2.05) is 24.3 Å².